The molecular weight excluding hydrogens is 298 g/mol. The average Bonchev–Trinajstić information content (AvgIpc) is 2.43. The van der Waals surface area contributed by atoms with E-state index in [1.54, 1.807) is 37.3 Å². The van der Waals surface area contributed by atoms with E-state index in [1.165, 1.54) is 0 Å². The minimum Gasteiger partial charge on any atom is -0.491 e. The summed E-state index contributed by atoms with van der Waals surface area (Å²) in [5.74, 6) is 0.713. The lowest BCUT2D eigenvalue weighted by molar-refractivity contribution is 0.242. The molecule has 0 aromatic heterocycles. The molecule has 5 heteroatoms. The standard InChI is InChI=1S/C17H21NO3S/c1-12(2)21-16-9-7-15(8-10-16)18-22(19,20)17-11-13(3)5-6-14(17)4/h5-12,18H,1-4H3. The smallest absolute Gasteiger partial charge is 0.262 e. The maximum Gasteiger partial charge on any atom is 0.262 e. The maximum atomic E-state index is 12.5. The first-order chi connectivity index (χ1) is 10.3. The Morgan fingerprint density at radius 2 is 1.64 bits per heavy atom. The van der Waals surface area contributed by atoms with Crippen molar-refractivity contribution in [3.8, 4) is 5.75 Å². The fraction of sp³-hybridized carbons (Fsp3) is 0.294. The van der Waals surface area contributed by atoms with E-state index in [9.17, 15) is 8.42 Å². The number of hydrogen-bond acceptors (Lipinski definition) is 3. The van der Waals surface area contributed by atoms with Gasteiger partial charge in [-0.05, 0) is 69.2 Å². The third-order valence-corrected chi connectivity index (χ3v) is 4.63. The van der Waals surface area contributed by atoms with Crippen LogP contribution in [-0.2, 0) is 10.0 Å². The number of benzene rings is 2. The number of rotatable bonds is 5. The van der Waals surface area contributed by atoms with Crippen LogP contribution >= 0.6 is 0 Å². The van der Waals surface area contributed by atoms with Gasteiger partial charge < -0.3 is 4.74 Å². The molecule has 4 nitrogen and oxygen atoms in total. The maximum absolute atomic E-state index is 12.5. The van der Waals surface area contributed by atoms with Crippen molar-refractivity contribution >= 4 is 15.7 Å². The molecule has 0 aliphatic heterocycles. The van der Waals surface area contributed by atoms with Crippen molar-refractivity contribution in [2.45, 2.75) is 38.7 Å². The quantitative estimate of drug-likeness (QED) is 0.909. The summed E-state index contributed by atoms with van der Waals surface area (Å²) >= 11 is 0. The first-order valence-electron chi connectivity index (χ1n) is 7.15. The highest BCUT2D eigenvalue weighted by molar-refractivity contribution is 7.92. The number of anilines is 1. The van der Waals surface area contributed by atoms with Crippen molar-refractivity contribution in [2.24, 2.45) is 0 Å². The largest absolute Gasteiger partial charge is 0.491 e. The Bertz CT molecular complexity index is 750. The zero-order valence-corrected chi connectivity index (χ0v) is 14.1. The van der Waals surface area contributed by atoms with Gasteiger partial charge in [0, 0.05) is 5.69 Å². The van der Waals surface area contributed by atoms with Crippen molar-refractivity contribution in [1.29, 1.82) is 0 Å². The van der Waals surface area contributed by atoms with Crippen LogP contribution in [0.3, 0.4) is 0 Å². The fourth-order valence-corrected chi connectivity index (χ4v) is 3.47. The summed E-state index contributed by atoms with van der Waals surface area (Å²) in [6.07, 6.45) is 0.0810. The summed E-state index contributed by atoms with van der Waals surface area (Å²) in [4.78, 5) is 0.301. The van der Waals surface area contributed by atoms with Gasteiger partial charge in [0.2, 0.25) is 0 Å². The molecule has 0 aliphatic rings. The SMILES string of the molecule is Cc1ccc(C)c(S(=O)(=O)Nc2ccc(OC(C)C)cc2)c1. The lowest BCUT2D eigenvalue weighted by atomic mass is 10.2. The number of nitrogens with one attached hydrogen (secondary N) is 1. The predicted octanol–water partition coefficient (Wildman–Crippen LogP) is 3.89. The van der Waals surface area contributed by atoms with E-state index < -0.39 is 10.0 Å². The Morgan fingerprint density at radius 1 is 1.00 bits per heavy atom. The van der Waals surface area contributed by atoms with Crippen molar-refractivity contribution in [3.63, 3.8) is 0 Å². The molecule has 0 unspecified atom stereocenters. The number of ether oxygens (including phenoxy) is 1. The Labute approximate surface area is 132 Å². The molecule has 0 spiro atoms. The second kappa shape index (κ2) is 6.40. The first kappa shape index (κ1) is 16.4. The second-order valence-electron chi connectivity index (χ2n) is 5.57. The summed E-state index contributed by atoms with van der Waals surface area (Å²) in [7, 11) is -3.59. The molecule has 0 saturated carbocycles. The average molecular weight is 319 g/mol. The van der Waals surface area contributed by atoms with Crippen LogP contribution in [0.5, 0.6) is 5.75 Å². The van der Waals surface area contributed by atoms with Crippen LogP contribution in [0, 0.1) is 13.8 Å². The fourth-order valence-electron chi connectivity index (χ4n) is 2.08. The molecule has 0 aliphatic carbocycles. The van der Waals surface area contributed by atoms with E-state index in [0.29, 0.717) is 16.3 Å². The third-order valence-electron chi connectivity index (χ3n) is 3.11. The van der Waals surface area contributed by atoms with Gasteiger partial charge in [-0.3, -0.25) is 4.72 Å². The van der Waals surface area contributed by atoms with Gasteiger partial charge in [-0.15, -0.1) is 0 Å². The van der Waals surface area contributed by atoms with Gasteiger partial charge in [-0.2, -0.15) is 0 Å². The summed E-state index contributed by atoms with van der Waals surface area (Å²) < 4.78 is 33.1. The van der Waals surface area contributed by atoms with Gasteiger partial charge in [-0.25, -0.2) is 8.42 Å². The molecule has 2 aromatic rings. The summed E-state index contributed by atoms with van der Waals surface area (Å²) in [6, 6.07) is 12.3. The third kappa shape index (κ3) is 4.01. The van der Waals surface area contributed by atoms with Crippen LogP contribution in [0.2, 0.25) is 0 Å². The molecule has 118 valence electrons. The topological polar surface area (TPSA) is 55.4 Å². The van der Waals surface area contributed by atoms with E-state index in [-0.39, 0.29) is 6.10 Å². The van der Waals surface area contributed by atoms with Gasteiger partial charge in [0.15, 0.2) is 0 Å². The van der Waals surface area contributed by atoms with Crippen LogP contribution in [0.4, 0.5) is 5.69 Å². The zero-order chi connectivity index (χ0) is 16.3. The van der Waals surface area contributed by atoms with E-state index >= 15 is 0 Å². The monoisotopic (exact) mass is 319 g/mol. The summed E-state index contributed by atoms with van der Waals surface area (Å²) in [5.41, 5.74) is 2.14. The van der Waals surface area contributed by atoms with Crippen LogP contribution < -0.4 is 9.46 Å². The number of sulfonamides is 1. The van der Waals surface area contributed by atoms with Gasteiger partial charge >= 0.3 is 0 Å². The molecule has 0 radical (unpaired) electrons. The minimum absolute atomic E-state index is 0.0810. The Hall–Kier alpha value is -2.01. The summed E-state index contributed by atoms with van der Waals surface area (Å²) in [5, 5.41) is 0. The Balaban J connectivity index is 2.23. The first-order valence-corrected chi connectivity index (χ1v) is 8.63. The molecule has 2 aromatic carbocycles. The lowest BCUT2D eigenvalue weighted by Gasteiger charge is -2.13. The number of hydrogen-bond donors (Lipinski definition) is 1. The minimum atomic E-state index is -3.59. The van der Waals surface area contributed by atoms with Crippen molar-refractivity contribution < 1.29 is 13.2 Å². The lowest BCUT2D eigenvalue weighted by Crippen LogP contribution is -2.14. The van der Waals surface area contributed by atoms with Crippen molar-refractivity contribution in [2.75, 3.05) is 4.72 Å². The molecule has 0 amide bonds. The van der Waals surface area contributed by atoms with Crippen LogP contribution in [0.1, 0.15) is 25.0 Å². The molecule has 0 saturated heterocycles. The highest BCUT2D eigenvalue weighted by Gasteiger charge is 2.17. The molecule has 0 bridgehead atoms. The number of aryl methyl sites for hydroxylation is 2. The second-order valence-corrected chi connectivity index (χ2v) is 7.22. The van der Waals surface area contributed by atoms with Crippen LogP contribution in [0.25, 0.3) is 0 Å². The molecule has 0 atom stereocenters. The van der Waals surface area contributed by atoms with E-state index in [1.807, 2.05) is 32.9 Å². The Morgan fingerprint density at radius 3 is 2.23 bits per heavy atom. The molecule has 2 rings (SSSR count). The van der Waals surface area contributed by atoms with E-state index in [4.69, 9.17) is 4.74 Å². The highest BCUT2D eigenvalue weighted by Crippen LogP contribution is 2.22. The highest BCUT2D eigenvalue weighted by atomic mass is 32.2. The van der Waals surface area contributed by atoms with Gasteiger partial charge in [-0.1, -0.05) is 12.1 Å². The Kier molecular flexibility index (Phi) is 4.76. The van der Waals surface area contributed by atoms with Crippen LogP contribution in [-0.4, -0.2) is 14.5 Å². The van der Waals surface area contributed by atoms with E-state index in [0.717, 1.165) is 11.1 Å². The van der Waals surface area contributed by atoms with Crippen molar-refractivity contribution in [1.82, 2.24) is 0 Å². The van der Waals surface area contributed by atoms with Crippen molar-refractivity contribution in [3.05, 3.63) is 53.6 Å². The normalized spacial score (nSPS) is 11.5. The molecular formula is C17H21NO3S. The predicted molar refractivity (Wildman–Crippen MR) is 88.9 cm³/mol. The van der Waals surface area contributed by atoms with Crippen LogP contribution in [0.15, 0.2) is 47.4 Å². The van der Waals surface area contributed by atoms with E-state index in [2.05, 4.69) is 4.72 Å². The zero-order valence-electron chi connectivity index (χ0n) is 13.3. The molecule has 0 fully saturated rings. The van der Waals surface area contributed by atoms with Gasteiger partial charge in [0.25, 0.3) is 10.0 Å². The molecule has 0 heterocycles. The molecule has 1 N–H and O–H groups in total. The van der Waals surface area contributed by atoms with Gasteiger partial charge in [0.1, 0.15) is 5.75 Å². The summed E-state index contributed by atoms with van der Waals surface area (Å²) in [6.45, 7) is 7.54. The molecule has 22 heavy (non-hydrogen) atoms. The van der Waals surface area contributed by atoms with Gasteiger partial charge in [0.05, 0.1) is 11.0 Å².